The first-order valence-corrected chi connectivity index (χ1v) is 12.1. The van der Waals surface area contributed by atoms with E-state index in [9.17, 15) is 27.3 Å². The first-order chi connectivity index (χ1) is 15.8. The van der Waals surface area contributed by atoms with Crippen LogP contribution in [-0.2, 0) is 15.2 Å². The van der Waals surface area contributed by atoms with Gasteiger partial charge in [-0.1, -0.05) is 11.6 Å². The molecule has 2 heterocycles. The largest absolute Gasteiger partial charge is 0.467 e. The molecule has 34 heavy (non-hydrogen) atoms. The molecule has 3 rings (SSSR count). The van der Waals surface area contributed by atoms with E-state index in [1.54, 1.807) is 0 Å². The van der Waals surface area contributed by atoms with E-state index in [1.165, 1.54) is 29.3 Å². The van der Waals surface area contributed by atoms with Gasteiger partial charge in [-0.3, -0.25) is 9.19 Å². The smallest absolute Gasteiger partial charge is 0.393 e. The molecule has 0 bridgehead atoms. The van der Waals surface area contributed by atoms with E-state index in [2.05, 4.69) is 16.2 Å². The van der Waals surface area contributed by atoms with Gasteiger partial charge in [0.05, 0.1) is 26.8 Å². The highest BCUT2D eigenvalue weighted by Crippen LogP contribution is 2.40. The molecule has 13 heteroatoms. The Morgan fingerprint density at radius 2 is 1.88 bits per heavy atom. The lowest BCUT2D eigenvalue weighted by molar-refractivity contribution is -0.0392. The first kappa shape index (κ1) is 26.2. The fraction of sp³-hybridized carbons (Fsp3) is 0.381. The van der Waals surface area contributed by atoms with Crippen LogP contribution in [0.1, 0.15) is 30.2 Å². The minimum atomic E-state index is -5.00. The molecule has 3 N–H and O–H groups in total. The highest BCUT2D eigenvalue weighted by Gasteiger charge is 2.41. The molecule has 0 saturated carbocycles. The zero-order valence-electron chi connectivity index (χ0n) is 17.7. The number of aliphatic hydroxyl groups excluding tert-OH is 2. The van der Waals surface area contributed by atoms with Gasteiger partial charge in [-0.25, -0.2) is 9.18 Å². The molecule has 2 aromatic rings. The first-order valence-electron chi connectivity index (χ1n) is 10.0. The van der Waals surface area contributed by atoms with Gasteiger partial charge in [-0.15, -0.1) is 0 Å². The predicted molar refractivity (Wildman–Crippen MR) is 120 cm³/mol. The normalized spacial score (nSPS) is 18.7. The van der Waals surface area contributed by atoms with Crippen LogP contribution in [0.15, 0.2) is 41.4 Å². The lowest BCUT2D eigenvalue weighted by atomic mass is 9.89. The maximum Gasteiger partial charge on any atom is 0.467 e. The fourth-order valence-electron chi connectivity index (χ4n) is 3.47. The Morgan fingerprint density at radius 3 is 2.38 bits per heavy atom. The van der Waals surface area contributed by atoms with Crippen LogP contribution in [-0.4, -0.2) is 61.4 Å². The summed E-state index contributed by atoms with van der Waals surface area (Å²) in [6.45, 7) is -0.512. The van der Waals surface area contributed by atoms with E-state index >= 15 is 4.39 Å². The summed E-state index contributed by atoms with van der Waals surface area (Å²) >= 11 is 6.15. The number of carbonyl (C=O) groups is 1. The number of rotatable bonds is 5. The molecule has 1 aromatic carbocycles. The topological polar surface area (TPSA) is 103 Å². The molecular formula is C21H22ClF4N3O4S. The average Bonchev–Trinajstić information content (AvgIpc) is 2.78. The Bertz CT molecular complexity index is 1150. The molecular weight excluding hydrogens is 502 g/mol. The van der Waals surface area contributed by atoms with Gasteiger partial charge in [-0.05, 0) is 36.2 Å². The van der Waals surface area contributed by atoms with Crippen LogP contribution in [0.25, 0.3) is 0 Å². The van der Waals surface area contributed by atoms with Crippen molar-refractivity contribution in [1.29, 1.82) is 0 Å². The number of pyridine rings is 1. The van der Waals surface area contributed by atoms with Gasteiger partial charge in [0, 0.05) is 48.3 Å². The number of benzene rings is 1. The number of aliphatic hydroxyl groups is 2. The van der Waals surface area contributed by atoms with E-state index < -0.39 is 44.3 Å². The van der Waals surface area contributed by atoms with E-state index in [1.807, 2.05) is 0 Å². The van der Waals surface area contributed by atoms with Gasteiger partial charge >= 0.3 is 11.5 Å². The summed E-state index contributed by atoms with van der Waals surface area (Å²) in [6.07, 6.45) is -0.177. The second kappa shape index (κ2) is 9.68. The number of amides is 2. The number of carbonyl (C=O) groups excluding carboxylic acids is 1. The van der Waals surface area contributed by atoms with Crippen molar-refractivity contribution in [2.75, 3.05) is 25.0 Å². The van der Waals surface area contributed by atoms with Crippen molar-refractivity contribution in [2.45, 2.75) is 35.0 Å². The summed E-state index contributed by atoms with van der Waals surface area (Å²) in [4.78, 5) is 17.4. The Labute approximate surface area is 198 Å². The quantitative estimate of drug-likeness (QED) is 0.408. The van der Waals surface area contributed by atoms with E-state index in [-0.39, 0.29) is 47.9 Å². The number of aromatic nitrogens is 1. The molecule has 1 fully saturated rings. The summed E-state index contributed by atoms with van der Waals surface area (Å²) in [6, 6.07) is 5.07. The van der Waals surface area contributed by atoms with Crippen molar-refractivity contribution in [3.05, 3.63) is 52.8 Å². The van der Waals surface area contributed by atoms with Crippen LogP contribution in [0, 0.1) is 0 Å². The van der Waals surface area contributed by atoms with Crippen molar-refractivity contribution in [1.82, 2.24) is 9.88 Å². The van der Waals surface area contributed by atoms with Gasteiger partial charge in [0.25, 0.3) is 0 Å². The third kappa shape index (κ3) is 5.29. The third-order valence-corrected chi connectivity index (χ3v) is 7.62. The van der Waals surface area contributed by atoms with Crippen LogP contribution < -0.4 is 5.32 Å². The van der Waals surface area contributed by atoms with Crippen LogP contribution >= 0.6 is 11.6 Å². The standard InChI is InChI=1S/C21H22ClF4N3O4S/c1-34(33,21(24,25)26)15-4-2-14(3-5-15)28-19(32)29-8-6-20(23,7-9-29)18-16(22)10-13(11-27-18)17(31)12-30/h2-5,10-11,17,30-31H,1,6-9,12H2,(H,28,32)/t17-,34?/m0/s1. The van der Waals surface area contributed by atoms with Crippen molar-refractivity contribution in [3.8, 4) is 0 Å². The maximum atomic E-state index is 15.6. The van der Waals surface area contributed by atoms with Gasteiger partial charge in [0.15, 0.2) is 5.67 Å². The number of piperidine rings is 1. The van der Waals surface area contributed by atoms with E-state index in [0.29, 0.717) is 0 Å². The molecule has 2 amide bonds. The SMILES string of the molecule is C=S(=O)(c1ccc(NC(=O)N2CCC(F)(c3ncc([C@@H](O)CO)cc3Cl)CC2)cc1)C(F)(F)F. The number of nitrogens with zero attached hydrogens (tertiary/aromatic N) is 2. The lowest BCUT2D eigenvalue weighted by Crippen LogP contribution is -2.45. The van der Waals surface area contributed by atoms with Crippen LogP contribution in [0.5, 0.6) is 0 Å². The number of nitrogens with one attached hydrogen (secondary N) is 1. The molecule has 0 radical (unpaired) electrons. The molecule has 1 aromatic heterocycles. The molecule has 0 aliphatic carbocycles. The summed E-state index contributed by atoms with van der Waals surface area (Å²) in [5, 5.41) is 21.2. The number of anilines is 1. The molecule has 1 aliphatic heterocycles. The third-order valence-electron chi connectivity index (χ3n) is 5.55. The van der Waals surface area contributed by atoms with Crippen LogP contribution in [0.2, 0.25) is 5.02 Å². The Kier molecular flexibility index (Phi) is 7.46. The van der Waals surface area contributed by atoms with Gasteiger partial charge in [0.2, 0.25) is 0 Å². The van der Waals surface area contributed by atoms with Crippen LogP contribution in [0.4, 0.5) is 28.0 Å². The summed E-state index contributed by atoms with van der Waals surface area (Å²) < 4.78 is 66.0. The molecule has 1 saturated heterocycles. The minimum absolute atomic E-state index is 0.00802. The van der Waals surface area contributed by atoms with E-state index in [4.69, 9.17) is 16.7 Å². The second-order valence-corrected chi connectivity index (χ2v) is 10.5. The number of likely N-dealkylation sites (tertiary alicyclic amines) is 1. The Morgan fingerprint density at radius 1 is 1.29 bits per heavy atom. The monoisotopic (exact) mass is 523 g/mol. The van der Waals surface area contributed by atoms with Crippen molar-refractivity contribution in [2.24, 2.45) is 0 Å². The zero-order chi connectivity index (χ0) is 25.3. The number of alkyl halides is 4. The summed E-state index contributed by atoms with van der Waals surface area (Å²) in [5.41, 5.74) is -6.52. The summed E-state index contributed by atoms with van der Waals surface area (Å²) in [5.74, 6) is 2.77. The number of urea groups is 1. The highest BCUT2D eigenvalue weighted by atomic mass is 35.5. The molecule has 2 atom stereocenters. The molecule has 7 nitrogen and oxygen atoms in total. The zero-order valence-corrected chi connectivity index (χ0v) is 19.3. The van der Waals surface area contributed by atoms with Crippen molar-refractivity contribution >= 4 is 38.7 Å². The Hall–Kier alpha value is -2.41. The number of hydrogen-bond acceptors (Lipinski definition) is 5. The summed E-state index contributed by atoms with van der Waals surface area (Å²) in [7, 11) is -4.50. The fourth-order valence-corrected chi connectivity index (χ4v) is 4.65. The van der Waals surface area contributed by atoms with Gasteiger partial charge in [0.1, 0.15) is 6.10 Å². The molecule has 186 valence electrons. The van der Waals surface area contributed by atoms with Gasteiger partial charge in [-0.2, -0.15) is 13.2 Å². The lowest BCUT2D eigenvalue weighted by Gasteiger charge is -2.36. The minimum Gasteiger partial charge on any atom is -0.393 e. The van der Waals surface area contributed by atoms with Crippen molar-refractivity contribution in [3.63, 3.8) is 0 Å². The highest BCUT2D eigenvalue weighted by molar-refractivity contribution is 8.01. The Balaban J connectivity index is 1.64. The molecule has 1 unspecified atom stereocenters. The second-order valence-electron chi connectivity index (χ2n) is 7.83. The molecule has 1 aliphatic rings. The van der Waals surface area contributed by atoms with Crippen LogP contribution in [0.3, 0.4) is 0 Å². The predicted octanol–water partition coefficient (Wildman–Crippen LogP) is 3.85. The number of halogens is 5. The van der Waals surface area contributed by atoms with Gasteiger partial charge < -0.3 is 20.4 Å². The van der Waals surface area contributed by atoms with E-state index in [0.717, 1.165) is 12.1 Å². The van der Waals surface area contributed by atoms with Crippen molar-refractivity contribution < 1.29 is 36.8 Å². The number of hydrogen-bond donors (Lipinski definition) is 3. The molecule has 0 spiro atoms. The average molecular weight is 524 g/mol. The maximum absolute atomic E-state index is 15.6.